The van der Waals surface area contributed by atoms with E-state index in [0.29, 0.717) is 11.1 Å². The number of rotatable bonds is 11. The Morgan fingerprint density at radius 3 is 2.29 bits per heavy atom. The number of aromatic hydroxyl groups is 3. The summed E-state index contributed by atoms with van der Waals surface area (Å²) in [6.45, 7) is 0.849. The minimum atomic E-state index is -1.74. The summed E-state index contributed by atoms with van der Waals surface area (Å²) in [5.41, 5.74) is 1.11. The van der Waals surface area contributed by atoms with Gasteiger partial charge in [-0.25, -0.2) is 4.79 Å². The van der Waals surface area contributed by atoms with Crippen LogP contribution in [0.2, 0.25) is 0 Å². The van der Waals surface area contributed by atoms with Crippen molar-refractivity contribution in [3.63, 3.8) is 0 Å². The molecule has 0 bridgehead atoms. The maximum absolute atomic E-state index is 12.5. The summed E-state index contributed by atoms with van der Waals surface area (Å²) in [7, 11) is 1.38. The highest BCUT2D eigenvalue weighted by Crippen LogP contribution is 2.31. The largest absolute Gasteiger partial charge is 0.504 e. The second kappa shape index (κ2) is 15.2. The van der Waals surface area contributed by atoms with Gasteiger partial charge in [0.25, 0.3) is 0 Å². The van der Waals surface area contributed by atoms with Crippen LogP contribution in [0.4, 0.5) is 0 Å². The van der Waals surface area contributed by atoms with Gasteiger partial charge in [0.2, 0.25) is 0 Å². The van der Waals surface area contributed by atoms with E-state index in [-0.39, 0.29) is 36.0 Å². The molecule has 0 spiro atoms. The lowest BCUT2D eigenvalue weighted by Crippen LogP contribution is -2.64. The van der Waals surface area contributed by atoms with Crippen LogP contribution in [0.1, 0.15) is 18.1 Å². The molecule has 10 atom stereocenters. The summed E-state index contributed by atoms with van der Waals surface area (Å²) >= 11 is 0. The number of carbonyl (C=O) groups excluding carboxylic acids is 1. The molecule has 0 amide bonds. The maximum Gasteiger partial charge on any atom is 0.330 e. The van der Waals surface area contributed by atoms with Crippen molar-refractivity contribution in [1.82, 2.24) is 0 Å². The van der Waals surface area contributed by atoms with Gasteiger partial charge in [-0.15, -0.1) is 0 Å². The Hall–Kier alpha value is -3.51. The van der Waals surface area contributed by atoms with Crippen molar-refractivity contribution in [2.45, 2.75) is 74.8 Å². The molecule has 15 heteroatoms. The van der Waals surface area contributed by atoms with E-state index in [4.69, 9.17) is 28.4 Å². The highest BCUT2D eigenvalue weighted by atomic mass is 16.7. The van der Waals surface area contributed by atoms with Gasteiger partial charge in [-0.1, -0.05) is 12.1 Å². The molecular formula is C30H38O15. The second-order valence-electron chi connectivity index (χ2n) is 10.6. The van der Waals surface area contributed by atoms with E-state index >= 15 is 0 Å². The number of hydrogen-bond donors (Lipinski definition) is 8. The molecule has 8 N–H and O–H groups in total. The molecule has 0 saturated carbocycles. The number of esters is 1. The van der Waals surface area contributed by atoms with Gasteiger partial charge in [0.15, 0.2) is 35.6 Å². The summed E-state index contributed by atoms with van der Waals surface area (Å²) in [6.07, 6.45) is -12.2. The van der Waals surface area contributed by atoms with E-state index < -0.39 is 74.0 Å². The monoisotopic (exact) mass is 638 g/mol. The van der Waals surface area contributed by atoms with Crippen LogP contribution in [0, 0.1) is 0 Å². The first-order valence-corrected chi connectivity index (χ1v) is 14.1. The number of phenolic OH excluding ortho intramolecular Hbond substituents is 3. The molecule has 0 aliphatic carbocycles. The number of methoxy groups -OCH3 is 1. The Balaban J connectivity index is 1.44. The number of aliphatic hydroxyl groups is 5. The van der Waals surface area contributed by atoms with E-state index in [9.17, 15) is 45.6 Å². The fraction of sp³-hybridized carbons (Fsp3) is 0.500. The summed E-state index contributed by atoms with van der Waals surface area (Å²) in [4.78, 5) is 12.5. The summed E-state index contributed by atoms with van der Waals surface area (Å²) in [5.74, 6) is -1.32. The number of hydrogen-bond acceptors (Lipinski definition) is 15. The van der Waals surface area contributed by atoms with E-state index in [1.165, 1.54) is 44.4 Å². The van der Waals surface area contributed by atoms with Crippen LogP contribution in [-0.4, -0.2) is 129 Å². The van der Waals surface area contributed by atoms with Crippen LogP contribution < -0.4 is 4.74 Å². The zero-order chi connectivity index (χ0) is 32.8. The van der Waals surface area contributed by atoms with Crippen LogP contribution in [0.25, 0.3) is 6.08 Å². The predicted molar refractivity (Wildman–Crippen MR) is 152 cm³/mol. The predicted octanol–water partition coefficient (Wildman–Crippen LogP) is -0.713. The smallest absolute Gasteiger partial charge is 0.330 e. The second-order valence-corrected chi connectivity index (χ2v) is 10.6. The molecule has 2 fully saturated rings. The molecule has 2 aliphatic heterocycles. The van der Waals surface area contributed by atoms with Gasteiger partial charge in [0.05, 0.1) is 19.8 Å². The first-order chi connectivity index (χ1) is 21.4. The number of carbonyl (C=O) groups is 1. The van der Waals surface area contributed by atoms with Gasteiger partial charge in [0.1, 0.15) is 49.3 Å². The zero-order valence-electron chi connectivity index (χ0n) is 24.4. The molecule has 0 radical (unpaired) electrons. The number of phenols is 3. The number of aliphatic hydroxyl groups excluding tert-OH is 5. The molecule has 4 rings (SSSR count). The topological polar surface area (TPSA) is 234 Å². The molecule has 248 valence electrons. The third-order valence-corrected chi connectivity index (χ3v) is 7.46. The third kappa shape index (κ3) is 8.40. The number of ether oxygens (including phenoxy) is 6. The van der Waals surface area contributed by atoms with Crippen molar-refractivity contribution in [2.75, 3.05) is 20.3 Å². The SMILES string of the molecule is COc1cc(C=CC(=O)OCC2OC(OCCc3ccc(O)c(O)c3)C(O)C(OC3OC(C)C(O)C(O)C3O)C2O)ccc1O. The highest BCUT2D eigenvalue weighted by Gasteiger charge is 2.50. The fourth-order valence-electron chi connectivity index (χ4n) is 4.81. The van der Waals surface area contributed by atoms with Crippen LogP contribution in [0.3, 0.4) is 0 Å². The lowest BCUT2D eigenvalue weighted by Gasteiger charge is -2.45. The summed E-state index contributed by atoms with van der Waals surface area (Å²) < 4.78 is 32.9. The average molecular weight is 639 g/mol. The molecule has 2 aliphatic rings. The lowest BCUT2D eigenvalue weighted by atomic mass is 9.97. The average Bonchev–Trinajstić information content (AvgIpc) is 3.02. The van der Waals surface area contributed by atoms with Crippen LogP contribution in [0.15, 0.2) is 42.5 Å². The molecule has 10 unspecified atom stereocenters. The quantitative estimate of drug-likeness (QED) is 0.0862. The van der Waals surface area contributed by atoms with E-state index in [0.717, 1.165) is 6.08 Å². The normalized spacial score (nSPS) is 32.0. The van der Waals surface area contributed by atoms with Crippen molar-refractivity contribution in [3.8, 4) is 23.0 Å². The van der Waals surface area contributed by atoms with Crippen molar-refractivity contribution in [3.05, 3.63) is 53.6 Å². The van der Waals surface area contributed by atoms with Crippen LogP contribution in [-0.2, 0) is 34.9 Å². The molecule has 0 aromatic heterocycles. The zero-order valence-corrected chi connectivity index (χ0v) is 24.4. The van der Waals surface area contributed by atoms with E-state index in [1.807, 2.05) is 0 Å². The highest BCUT2D eigenvalue weighted by molar-refractivity contribution is 5.87. The third-order valence-electron chi connectivity index (χ3n) is 7.46. The van der Waals surface area contributed by atoms with E-state index in [2.05, 4.69) is 0 Å². The summed E-state index contributed by atoms with van der Waals surface area (Å²) in [6, 6.07) is 8.61. The number of benzene rings is 2. The lowest BCUT2D eigenvalue weighted by molar-refractivity contribution is -0.357. The minimum Gasteiger partial charge on any atom is -0.504 e. The van der Waals surface area contributed by atoms with Gasteiger partial charge in [-0.05, 0) is 54.8 Å². The first-order valence-electron chi connectivity index (χ1n) is 14.1. The molecule has 2 aromatic rings. The minimum absolute atomic E-state index is 0.0649. The molecule has 2 heterocycles. The van der Waals surface area contributed by atoms with Gasteiger partial charge in [0, 0.05) is 6.08 Å². The Bertz CT molecular complexity index is 1320. The van der Waals surface area contributed by atoms with Gasteiger partial charge >= 0.3 is 5.97 Å². The van der Waals surface area contributed by atoms with Crippen molar-refractivity contribution in [1.29, 1.82) is 0 Å². The summed E-state index contributed by atoms with van der Waals surface area (Å²) in [5, 5.41) is 81.7. The van der Waals surface area contributed by atoms with Crippen LogP contribution >= 0.6 is 0 Å². The van der Waals surface area contributed by atoms with Crippen molar-refractivity contribution < 1.29 is 74.1 Å². The molecular weight excluding hydrogens is 600 g/mol. The van der Waals surface area contributed by atoms with E-state index in [1.54, 1.807) is 12.1 Å². The Morgan fingerprint density at radius 2 is 1.58 bits per heavy atom. The first kappa shape index (κ1) is 34.4. The van der Waals surface area contributed by atoms with Crippen LogP contribution in [0.5, 0.6) is 23.0 Å². The standard InChI is InChI=1S/C30H38O15/c1-14-23(35)25(37)26(38)30(43-14)45-28-24(36)21(13-42-22(34)8-5-15-4-7-18(32)20(12-15)40-2)44-29(27(28)39)41-10-9-16-3-6-17(31)19(33)11-16/h3-8,11-12,14,21,23-33,35-39H,9-10,13H2,1-2H3. The van der Waals surface area contributed by atoms with Gasteiger partial charge in [-0.3, -0.25) is 0 Å². The van der Waals surface area contributed by atoms with Gasteiger partial charge < -0.3 is 69.3 Å². The molecule has 45 heavy (non-hydrogen) atoms. The molecule has 15 nitrogen and oxygen atoms in total. The van der Waals surface area contributed by atoms with Crippen molar-refractivity contribution >= 4 is 12.0 Å². The maximum atomic E-state index is 12.5. The molecule has 2 saturated heterocycles. The fourth-order valence-corrected chi connectivity index (χ4v) is 4.81. The van der Waals surface area contributed by atoms with Crippen molar-refractivity contribution in [2.24, 2.45) is 0 Å². The Kier molecular flexibility index (Phi) is 11.6. The Labute approximate surface area is 258 Å². The van der Waals surface area contributed by atoms with Gasteiger partial charge in [-0.2, -0.15) is 0 Å². The Morgan fingerprint density at radius 1 is 0.844 bits per heavy atom. The molecule has 2 aromatic carbocycles.